The summed E-state index contributed by atoms with van der Waals surface area (Å²) in [5, 5.41) is 6.50. The zero-order valence-corrected chi connectivity index (χ0v) is 13.9. The lowest BCUT2D eigenvalue weighted by molar-refractivity contribution is 0.210. The van der Waals surface area contributed by atoms with Crippen molar-refractivity contribution in [3.8, 4) is 11.4 Å². The van der Waals surface area contributed by atoms with Crippen molar-refractivity contribution in [1.29, 1.82) is 0 Å². The van der Waals surface area contributed by atoms with Crippen LogP contribution >= 0.6 is 0 Å². The Morgan fingerprint density at radius 2 is 1.39 bits per heavy atom. The molecule has 0 atom stereocenters. The third-order valence-electron chi connectivity index (χ3n) is 3.26. The third-order valence-corrected chi connectivity index (χ3v) is 3.26. The van der Waals surface area contributed by atoms with E-state index in [1.165, 1.54) is 5.56 Å². The van der Waals surface area contributed by atoms with Crippen molar-refractivity contribution in [3.63, 3.8) is 0 Å². The predicted octanol–water partition coefficient (Wildman–Crippen LogP) is 2.57. The average Bonchev–Trinajstić information content (AvgIpc) is 2.56. The van der Waals surface area contributed by atoms with Crippen LogP contribution in [-0.4, -0.2) is 50.5 Å². The summed E-state index contributed by atoms with van der Waals surface area (Å²) in [4.78, 5) is 9.17. The van der Waals surface area contributed by atoms with Gasteiger partial charge in [-0.1, -0.05) is 29.8 Å². The topological polar surface area (TPSA) is 68.3 Å². The van der Waals surface area contributed by atoms with Crippen molar-refractivity contribution in [2.45, 2.75) is 6.92 Å². The van der Waals surface area contributed by atoms with Gasteiger partial charge < -0.3 is 20.1 Å². The quantitative estimate of drug-likeness (QED) is 0.693. The first-order chi connectivity index (χ1) is 11.2. The highest BCUT2D eigenvalue weighted by molar-refractivity contribution is 5.61. The molecule has 124 valence electrons. The summed E-state index contributed by atoms with van der Waals surface area (Å²) in [5.41, 5.74) is 2.20. The fourth-order valence-electron chi connectivity index (χ4n) is 2.02. The Morgan fingerprint density at radius 1 is 0.870 bits per heavy atom. The highest BCUT2D eigenvalue weighted by atomic mass is 16.5. The summed E-state index contributed by atoms with van der Waals surface area (Å²) in [5.74, 6) is 2.23. The number of ether oxygens (including phenoxy) is 2. The molecule has 1 heterocycles. The number of benzene rings is 1. The number of hydrogen-bond acceptors (Lipinski definition) is 6. The molecule has 0 bridgehead atoms. The maximum absolute atomic E-state index is 5.06. The lowest BCUT2D eigenvalue weighted by Crippen LogP contribution is -2.12. The number of hydrogen-bond donors (Lipinski definition) is 2. The van der Waals surface area contributed by atoms with Crippen molar-refractivity contribution in [2.24, 2.45) is 0 Å². The molecule has 1 aromatic carbocycles. The van der Waals surface area contributed by atoms with Crippen LogP contribution in [0.1, 0.15) is 5.56 Å². The molecule has 2 N–H and O–H groups in total. The van der Waals surface area contributed by atoms with Crippen LogP contribution in [0, 0.1) is 6.92 Å². The second kappa shape index (κ2) is 9.07. The summed E-state index contributed by atoms with van der Waals surface area (Å²) in [6.45, 7) is 4.69. The lowest BCUT2D eigenvalue weighted by atomic mass is 10.1. The van der Waals surface area contributed by atoms with Gasteiger partial charge in [0.05, 0.1) is 13.2 Å². The minimum atomic E-state index is 0.621. The molecular weight excluding hydrogens is 292 g/mol. The minimum absolute atomic E-state index is 0.621. The molecule has 0 saturated carbocycles. The van der Waals surface area contributed by atoms with Crippen LogP contribution in [0.5, 0.6) is 0 Å². The summed E-state index contributed by atoms with van der Waals surface area (Å²) >= 11 is 0. The van der Waals surface area contributed by atoms with Gasteiger partial charge in [0, 0.05) is 38.9 Å². The molecule has 6 heteroatoms. The van der Waals surface area contributed by atoms with Crippen LogP contribution < -0.4 is 10.6 Å². The third kappa shape index (κ3) is 5.50. The second-order valence-corrected chi connectivity index (χ2v) is 5.17. The molecule has 0 unspecified atom stereocenters. The first-order valence-electron chi connectivity index (χ1n) is 7.64. The van der Waals surface area contributed by atoms with Crippen LogP contribution in [-0.2, 0) is 9.47 Å². The van der Waals surface area contributed by atoms with Crippen LogP contribution in [0.3, 0.4) is 0 Å². The summed E-state index contributed by atoms with van der Waals surface area (Å²) in [7, 11) is 3.36. The smallest absolute Gasteiger partial charge is 0.163 e. The Labute approximate surface area is 137 Å². The van der Waals surface area contributed by atoms with E-state index in [0.29, 0.717) is 32.1 Å². The zero-order chi connectivity index (χ0) is 16.5. The van der Waals surface area contributed by atoms with Crippen molar-refractivity contribution in [2.75, 3.05) is 51.2 Å². The first kappa shape index (κ1) is 17.2. The monoisotopic (exact) mass is 316 g/mol. The van der Waals surface area contributed by atoms with E-state index < -0.39 is 0 Å². The Hall–Kier alpha value is -2.18. The summed E-state index contributed by atoms with van der Waals surface area (Å²) in [6, 6.07) is 10.1. The van der Waals surface area contributed by atoms with Crippen molar-refractivity contribution < 1.29 is 9.47 Å². The SMILES string of the molecule is COCCNc1cc(NCCOC)nc(-c2ccc(C)cc2)n1. The van der Waals surface area contributed by atoms with Gasteiger partial charge in [0.25, 0.3) is 0 Å². The molecule has 23 heavy (non-hydrogen) atoms. The summed E-state index contributed by atoms with van der Waals surface area (Å²) in [6.07, 6.45) is 0. The van der Waals surface area contributed by atoms with Gasteiger partial charge >= 0.3 is 0 Å². The van der Waals surface area contributed by atoms with Gasteiger partial charge in [-0.15, -0.1) is 0 Å². The normalized spacial score (nSPS) is 10.6. The van der Waals surface area contributed by atoms with E-state index in [2.05, 4.69) is 39.7 Å². The van der Waals surface area contributed by atoms with E-state index in [4.69, 9.17) is 9.47 Å². The van der Waals surface area contributed by atoms with E-state index in [0.717, 1.165) is 17.2 Å². The van der Waals surface area contributed by atoms with Crippen LogP contribution in [0.4, 0.5) is 11.6 Å². The average molecular weight is 316 g/mol. The van der Waals surface area contributed by atoms with E-state index in [1.54, 1.807) is 14.2 Å². The largest absolute Gasteiger partial charge is 0.383 e. The number of rotatable bonds is 9. The van der Waals surface area contributed by atoms with Gasteiger partial charge in [-0.25, -0.2) is 9.97 Å². The fourth-order valence-corrected chi connectivity index (χ4v) is 2.02. The van der Waals surface area contributed by atoms with E-state index >= 15 is 0 Å². The second-order valence-electron chi connectivity index (χ2n) is 5.17. The van der Waals surface area contributed by atoms with Gasteiger partial charge in [-0.05, 0) is 6.92 Å². The van der Waals surface area contributed by atoms with E-state index in [1.807, 2.05) is 18.2 Å². The number of nitrogens with zero attached hydrogens (tertiary/aromatic N) is 2. The molecule has 1 aromatic heterocycles. The number of methoxy groups -OCH3 is 2. The molecule has 0 saturated heterocycles. The van der Waals surface area contributed by atoms with Crippen molar-refractivity contribution in [1.82, 2.24) is 9.97 Å². The molecular formula is C17H24N4O2. The number of aryl methyl sites for hydroxylation is 1. The predicted molar refractivity (Wildman–Crippen MR) is 92.9 cm³/mol. The lowest BCUT2D eigenvalue weighted by Gasteiger charge is -2.11. The number of nitrogens with one attached hydrogen (secondary N) is 2. The zero-order valence-electron chi connectivity index (χ0n) is 13.9. The number of aromatic nitrogens is 2. The van der Waals surface area contributed by atoms with Crippen LogP contribution in [0.15, 0.2) is 30.3 Å². The maximum Gasteiger partial charge on any atom is 0.163 e. The van der Waals surface area contributed by atoms with E-state index in [-0.39, 0.29) is 0 Å². The Morgan fingerprint density at radius 3 is 1.87 bits per heavy atom. The summed E-state index contributed by atoms with van der Waals surface area (Å²) < 4.78 is 10.1. The van der Waals surface area contributed by atoms with Crippen molar-refractivity contribution in [3.05, 3.63) is 35.9 Å². The highest BCUT2D eigenvalue weighted by Gasteiger charge is 2.07. The van der Waals surface area contributed by atoms with E-state index in [9.17, 15) is 0 Å². The molecule has 0 aliphatic carbocycles. The molecule has 0 amide bonds. The molecule has 0 spiro atoms. The Balaban J connectivity index is 2.22. The van der Waals surface area contributed by atoms with Gasteiger partial charge in [0.2, 0.25) is 0 Å². The Kier molecular flexibility index (Phi) is 6.77. The fraction of sp³-hybridized carbons (Fsp3) is 0.412. The van der Waals surface area contributed by atoms with Gasteiger partial charge in [-0.2, -0.15) is 0 Å². The van der Waals surface area contributed by atoms with Crippen molar-refractivity contribution >= 4 is 11.6 Å². The highest BCUT2D eigenvalue weighted by Crippen LogP contribution is 2.20. The molecule has 0 aliphatic rings. The molecule has 0 aliphatic heterocycles. The molecule has 6 nitrogen and oxygen atoms in total. The van der Waals surface area contributed by atoms with Crippen LogP contribution in [0.25, 0.3) is 11.4 Å². The van der Waals surface area contributed by atoms with Gasteiger partial charge in [-0.3, -0.25) is 0 Å². The van der Waals surface area contributed by atoms with Gasteiger partial charge in [0.1, 0.15) is 11.6 Å². The maximum atomic E-state index is 5.06. The Bertz CT molecular complexity index is 574. The standard InChI is InChI=1S/C17H24N4O2/c1-13-4-6-14(7-5-13)17-20-15(18-8-10-22-2)12-16(21-17)19-9-11-23-3/h4-7,12H,8-11H2,1-3H3,(H2,18,19,20,21). The molecule has 0 fully saturated rings. The molecule has 0 radical (unpaired) electrons. The van der Waals surface area contributed by atoms with Gasteiger partial charge in [0.15, 0.2) is 5.82 Å². The van der Waals surface area contributed by atoms with Crippen LogP contribution in [0.2, 0.25) is 0 Å². The molecule has 2 aromatic rings. The minimum Gasteiger partial charge on any atom is -0.383 e. The first-order valence-corrected chi connectivity index (χ1v) is 7.64. The number of anilines is 2. The molecule has 2 rings (SSSR count).